The normalized spacial score (nSPS) is 14.9. The maximum atomic E-state index is 14.1. The minimum atomic E-state index is -1.06. The van der Waals surface area contributed by atoms with Gasteiger partial charge in [0, 0.05) is 5.75 Å². The Balaban J connectivity index is 1.53. The number of unbranched alkanes of at least 4 members (excludes halogenated alkanes) is 1. The molecule has 5 rings (SSSR count). The zero-order chi connectivity index (χ0) is 30.5. The van der Waals surface area contributed by atoms with Crippen LogP contribution >= 0.6 is 23.1 Å². The molecule has 0 saturated heterocycles. The molecule has 0 spiro atoms. The van der Waals surface area contributed by atoms with E-state index in [1.807, 2.05) is 6.92 Å². The molecule has 1 unspecified atom stereocenters. The van der Waals surface area contributed by atoms with Crippen LogP contribution in [-0.4, -0.2) is 40.2 Å². The third-order valence-corrected chi connectivity index (χ3v) is 8.77. The largest absolute Gasteiger partial charge is 0.503 e. The third kappa shape index (κ3) is 6.45. The molecule has 2 aromatic carbocycles. The molecule has 1 atom stereocenters. The molecule has 0 aliphatic carbocycles. The van der Waals surface area contributed by atoms with Crippen molar-refractivity contribution >= 4 is 39.9 Å². The molecular weight excluding hydrogens is 593 g/mol. The highest BCUT2D eigenvalue weighted by Crippen LogP contribution is 2.45. The molecule has 2 aromatic heterocycles. The number of aliphatic hydroxyl groups excluding tert-OH is 1. The van der Waals surface area contributed by atoms with Crippen molar-refractivity contribution in [2.75, 3.05) is 18.1 Å². The molecule has 0 radical (unpaired) electrons. The first-order chi connectivity index (χ1) is 20.8. The number of carbonyl (C=O) groups excluding carboxylic acids is 2. The number of rotatable bonds is 13. The summed E-state index contributed by atoms with van der Waals surface area (Å²) in [5.41, 5.74) is 0.841. The Labute approximate surface area is 256 Å². The van der Waals surface area contributed by atoms with Crippen LogP contribution in [-0.2, 0) is 10.5 Å². The van der Waals surface area contributed by atoms with Gasteiger partial charge >= 0.3 is 0 Å². The van der Waals surface area contributed by atoms with Crippen LogP contribution in [0.2, 0.25) is 0 Å². The molecule has 4 aromatic rings. The number of carbonyl (C=O) groups is 2. The van der Waals surface area contributed by atoms with E-state index < -0.39 is 23.5 Å². The summed E-state index contributed by atoms with van der Waals surface area (Å²) in [6, 6.07) is 13.7. The lowest BCUT2D eigenvalue weighted by Gasteiger charge is -2.25. The summed E-state index contributed by atoms with van der Waals surface area (Å²) in [6.45, 7) is 6.47. The van der Waals surface area contributed by atoms with Gasteiger partial charge in [0.2, 0.25) is 10.9 Å². The number of thioether (sulfide) groups is 1. The van der Waals surface area contributed by atoms with Gasteiger partial charge in [-0.15, -0.1) is 10.2 Å². The Morgan fingerprint density at radius 3 is 2.65 bits per heavy atom. The van der Waals surface area contributed by atoms with Gasteiger partial charge in [-0.25, -0.2) is 4.39 Å². The van der Waals surface area contributed by atoms with Gasteiger partial charge in [0.1, 0.15) is 11.6 Å². The molecule has 0 fully saturated rings. The lowest BCUT2D eigenvalue weighted by atomic mass is 9.95. The van der Waals surface area contributed by atoms with E-state index in [1.165, 1.54) is 28.8 Å². The van der Waals surface area contributed by atoms with Crippen molar-refractivity contribution in [3.05, 3.63) is 94.4 Å². The van der Waals surface area contributed by atoms with E-state index >= 15 is 0 Å². The summed E-state index contributed by atoms with van der Waals surface area (Å²) >= 11 is 2.37. The Bertz CT molecular complexity index is 1670. The van der Waals surface area contributed by atoms with Crippen molar-refractivity contribution in [3.63, 3.8) is 0 Å². The number of hydrogen-bond donors (Lipinski definition) is 1. The Morgan fingerprint density at radius 2 is 1.93 bits per heavy atom. The summed E-state index contributed by atoms with van der Waals surface area (Å²) in [7, 11) is 0. The monoisotopic (exact) mass is 623 g/mol. The van der Waals surface area contributed by atoms with Crippen LogP contribution in [0, 0.1) is 12.7 Å². The maximum Gasteiger partial charge on any atom is 0.296 e. The van der Waals surface area contributed by atoms with E-state index in [4.69, 9.17) is 13.9 Å². The smallest absolute Gasteiger partial charge is 0.296 e. The van der Waals surface area contributed by atoms with Crippen molar-refractivity contribution in [3.8, 4) is 11.5 Å². The number of benzene rings is 2. The van der Waals surface area contributed by atoms with E-state index in [2.05, 4.69) is 17.1 Å². The van der Waals surface area contributed by atoms with E-state index in [9.17, 15) is 19.1 Å². The number of aryl methyl sites for hydroxylation is 1. The van der Waals surface area contributed by atoms with Crippen molar-refractivity contribution in [2.45, 2.75) is 49.7 Å². The Morgan fingerprint density at radius 1 is 1.12 bits per heavy atom. The first kappa shape index (κ1) is 30.3. The first-order valence-electron chi connectivity index (χ1n) is 13.8. The number of aromatic nitrogens is 2. The number of ketones is 1. The summed E-state index contributed by atoms with van der Waals surface area (Å²) in [5, 5.41) is 19.7. The second kappa shape index (κ2) is 13.4. The molecule has 1 aliphatic heterocycles. The van der Waals surface area contributed by atoms with Gasteiger partial charge in [-0.3, -0.25) is 14.5 Å². The van der Waals surface area contributed by atoms with Gasteiger partial charge in [0.05, 0.1) is 24.8 Å². The summed E-state index contributed by atoms with van der Waals surface area (Å²) < 4.78 is 32.0. The van der Waals surface area contributed by atoms with Gasteiger partial charge < -0.3 is 19.0 Å². The minimum absolute atomic E-state index is 0.0124. The number of halogens is 1. The average molecular weight is 624 g/mol. The van der Waals surface area contributed by atoms with E-state index in [0.717, 1.165) is 24.2 Å². The molecule has 9 nitrogen and oxygen atoms in total. The van der Waals surface area contributed by atoms with Crippen LogP contribution in [0.3, 0.4) is 0 Å². The molecule has 1 N–H and O–H groups in total. The average Bonchev–Trinajstić information content (AvgIpc) is 3.71. The highest BCUT2D eigenvalue weighted by molar-refractivity contribution is 8.00. The van der Waals surface area contributed by atoms with Crippen molar-refractivity contribution in [1.29, 1.82) is 0 Å². The zero-order valence-corrected chi connectivity index (χ0v) is 25.5. The van der Waals surface area contributed by atoms with E-state index in [1.54, 1.807) is 49.4 Å². The van der Waals surface area contributed by atoms with Gasteiger partial charge in [-0.2, -0.15) is 0 Å². The number of amides is 1. The van der Waals surface area contributed by atoms with Crippen molar-refractivity contribution < 1.29 is 33.0 Å². The minimum Gasteiger partial charge on any atom is -0.503 e. The molecular formula is C31H30FN3O6S2. The first-order valence-corrected chi connectivity index (χ1v) is 15.6. The molecule has 43 heavy (non-hydrogen) atoms. The fourth-order valence-corrected chi connectivity index (χ4v) is 6.41. The number of nitrogens with zero attached hydrogens (tertiary/aromatic N) is 3. The Hall–Kier alpha value is -4.16. The van der Waals surface area contributed by atoms with Gasteiger partial charge in [0.15, 0.2) is 27.4 Å². The van der Waals surface area contributed by atoms with Gasteiger partial charge in [-0.05, 0) is 61.7 Å². The summed E-state index contributed by atoms with van der Waals surface area (Å²) in [4.78, 5) is 28.5. The maximum absolute atomic E-state index is 14.1. The second-order valence-corrected chi connectivity index (χ2v) is 11.8. The number of Topliss-reactive ketones (excluding diaryl/α,β-unsaturated/α-hetero) is 1. The topological polar surface area (TPSA) is 115 Å². The lowest BCUT2D eigenvalue weighted by molar-refractivity contribution is -0.117. The fourth-order valence-electron chi connectivity index (χ4n) is 4.56. The van der Waals surface area contributed by atoms with Crippen LogP contribution in [0.5, 0.6) is 11.5 Å². The molecule has 12 heteroatoms. The molecule has 0 saturated carbocycles. The molecule has 1 amide bonds. The number of aliphatic hydroxyl groups is 1. The van der Waals surface area contributed by atoms with Crippen LogP contribution in [0.1, 0.15) is 60.2 Å². The molecule has 0 bridgehead atoms. The SMILES string of the molecule is CCCCOc1ccc(C2C(C(=O)c3ccc(C)o3)=C(O)C(=O)N2c2nnc(SCc3ccccc3F)s2)cc1OCC. The second-order valence-electron chi connectivity index (χ2n) is 9.65. The van der Waals surface area contributed by atoms with Crippen LogP contribution in [0.15, 0.2) is 74.7 Å². The predicted octanol–water partition coefficient (Wildman–Crippen LogP) is 7.23. The number of ether oxygens (including phenoxy) is 2. The Kier molecular flexibility index (Phi) is 9.46. The lowest BCUT2D eigenvalue weighted by Crippen LogP contribution is -2.31. The van der Waals surface area contributed by atoms with Crippen molar-refractivity contribution in [2.24, 2.45) is 0 Å². The molecule has 224 valence electrons. The van der Waals surface area contributed by atoms with Crippen molar-refractivity contribution in [1.82, 2.24) is 10.2 Å². The predicted molar refractivity (Wildman–Crippen MR) is 162 cm³/mol. The van der Waals surface area contributed by atoms with Crippen LogP contribution in [0.4, 0.5) is 9.52 Å². The highest BCUT2D eigenvalue weighted by Gasteiger charge is 2.47. The van der Waals surface area contributed by atoms with Gasteiger partial charge in [-0.1, -0.05) is 60.7 Å². The van der Waals surface area contributed by atoms with Gasteiger partial charge in [0.25, 0.3) is 5.91 Å². The number of anilines is 1. The standard InChI is InChI=1S/C31H30FN3O6S2/c1-4-6-15-40-22-14-12-19(16-24(22)39-5-2)26-25(27(36)23-13-11-18(3)41-23)28(37)29(38)35(26)30-33-34-31(43-30)42-17-20-9-7-8-10-21(20)32/h7-14,16,26,37H,4-6,15,17H2,1-3H3. The van der Waals surface area contributed by atoms with E-state index in [-0.39, 0.29) is 22.3 Å². The van der Waals surface area contributed by atoms with Crippen LogP contribution in [0.25, 0.3) is 0 Å². The molecule has 1 aliphatic rings. The summed E-state index contributed by atoms with van der Waals surface area (Å²) in [5.74, 6) is -0.703. The quantitative estimate of drug-likeness (QED) is 0.0713. The highest BCUT2D eigenvalue weighted by atomic mass is 32.2. The number of furan rings is 1. The van der Waals surface area contributed by atoms with E-state index in [0.29, 0.717) is 51.7 Å². The number of hydrogen-bond acceptors (Lipinski definition) is 10. The van der Waals surface area contributed by atoms with Crippen LogP contribution < -0.4 is 14.4 Å². The third-order valence-electron chi connectivity index (χ3n) is 6.67. The summed E-state index contributed by atoms with van der Waals surface area (Å²) in [6.07, 6.45) is 1.83. The zero-order valence-electron chi connectivity index (χ0n) is 23.8. The molecule has 3 heterocycles. The fraction of sp³-hybridized carbons (Fsp3) is 0.290.